The summed E-state index contributed by atoms with van der Waals surface area (Å²) in [5.74, 6) is 0. The van der Waals surface area contributed by atoms with Crippen LogP contribution in [0.5, 0.6) is 0 Å². The van der Waals surface area contributed by atoms with Gasteiger partial charge >= 0.3 is 6.18 Å². The van der Waals surface area contributed by atoms with Crippen LogP contribution < -0.4 is 5.32 Å². The molecule has 0 saturated heterocycles. The summed E-state index contributed by atoms with van der Waals surface area (Å²) in [5, 5.41) is 12.5. The van der Waals surface area contributed by atoms with Gasteiger partial charge in [0.15, 0.2) is 6.10 Å². The first-order chi connectivity index (χ1) is 8.10. The number of alkyl halides is 3. The predicted molar refractivity (Wildman–Crippen MR) is 64.5 cm³/mol. The number of nitrogens with one attached hydrogen (secondary N) is 1. The fourth-order valence-electron chi connectivity index (χ4n) is 1.71. The fourth-order valence-corrected chi connectivity index (χ4v) is 1.71. The fraction of sp³-hybridized carbons (Fsp3) is 1.00. The Morgan fingerprint density at radius 3 is 2.17 bits per heavy atom. The van der Waals surface area contributed by atoms with Crippen LogP contribution in [0.3, 0.4) is 0 Å². The maximum atomic E-state index is 12.2. The van der Waals surface area contributed by atoms with Crippen LogP contribution in [0.2, 0.25) is 0 Å². The van der Waals surface area contributed by atoms with E-state index < -0.39 is 17.8 Å². The quantitative estimate of drug-likeness (QED) is 0.666. The van der Waals surface area contributed by atoms with Crippen molar-refractivity contribution in [3.05, 3.63) is 0 Å². The van der Waals surface area contributed by atoms with E-state index in [1.54, 1.807) is 0 Å². The van der Waals surface area contributed by atoms with Crippen LogP contribution in [0.25, 0.3) is 0 Å². The molecule has 2 N–H and O–H groups in total. The molecule has 0 aromatic rings. The third-order valence-corrected chi connectivity index (χ3v) is 2.69. The highest BCUT2D eigenvalue weighted by atomic mass is 19.4. The van der Waals surface area contributed by atoms with E-state index in [9.17, 15) is 18.3 Å². The molecule has 0 heterocycles. The average Bonchev–Trinajstić information content (AvgIpc) is 2.21. The van der Waals surface area contributed by atoms with Gasteiger partial charge in [-0.05, 0) is 26.7 Å². The highest BCUT2D eigenvalue weighted by Gasteiger charge is 2.36. The molecule has 0 amide bonds. The summed E-state index contributed by atoms with van der Waals surface area (Å²) < 4.78 is 41.2. The summed E-state index contributed by atoms with van der Waals surface area (Å²) in [6.07, 6.45) is -5.02. The molecule has 3 nitrogen and oxygen atoms in total. The first kappa shape index (κ1) is 17.7. The Labute approximate surface area is 107 Å². The summed E-state index contributed by atoms with van der Waals surface area (Å²) in [7, 11) is 0. The zero-order valence-electron chi connectivity index (χ0n) is 11.5. The third kappa shape index (κ3) is 7.18. The Hall–Kier alpha value is -0.330. The molecule has 0 aromatic carbocycles. The van der Waals surface area contributed by atoms with Gasteiger partial charge in [-0.3, -0.25) is 0 Å². The molecule has 0 fully saturated rings. The van der Waals surface area contributed by atoms with Crippen molar-refractivity contribution in [2.45, 2.75) is 64.4 Å². The number of aliphatic hydroxyl groups excluding tert-OH is 1. The molecular formula is C12H24F3NO2. The molecule has 2 atom stereocenters. The molecule has 18 heavy (non-hydrogen) atoms. The van der Waals surface area contributed by atoms with Crippen LogP contribution in [0.1, 0.15) is 40.5 Å². The average molecular weight is 271 g/mol. The van der Waals surface area contributed by atoms with Gasteiger partial charge in [0.25, 0.3) is 0 Å². The minimum atomic E-state index is -4.31. The van der Waals surface area contributed by atoms with Crippen molar-refractivity contribution >= 4 is 0 Å². The van der Waals surface area contributed by atoms with E-state index in [1.165, 1.54) is 0 Å². The molecule has 0 radical (unpaired) electrons. The van der Waals surface area contributed by atoms with E-state index in [4.69, 9.17) is 4.74 Å². The molecule has 6 heteroatoms. The standard InChI is InChI=1S/C12H24F3NO2/c1-9(2)16-11(4,8-17)6-5-7-18-10(3)12(13,14)15/h9-10,16-17H,5-8H2,1-4H3. The molecule has 110 valence electrons. The van der Waals surface area contributed by atoms with Gasteiger partial charge in [-0.1, -0.05) is 13.8 Å². The highest BCUT2D eigenvalue weighted by molar-refractivity contribution is 4.83. The Morgan fingerprint density at radius 2 is 1.78 bits per heavy atom. The van der Waals surface area contributed by atoms with E-state index in [0.29, 0.717) is 12.8 Å². The Kier molecular flexibility index (Phi) is 7.17. The van der Waals surface area contributed by atoms with E-state index in [-0.39, 0.29) is 19.3 Å². The molecular weight excluding hydrogens is 247 g/mol. The topological polar surface area (TPSA) is 41.5 Å². The summed E-state index contributed by atoms with van der Waals surface area (Å²) in [6.45, 7) is 6.74. The van der Waals surface area contributed by atoms with Gasteiger partial charge < -0.3 is 15.2 Å². The Bertz CT molecular complexity index is 234. The van der Waals surface area contributed by atoms with Gasteiger partial charge in [0.1, 0.15) is 0 Å². The number of ether oxygens (including phenoxy) is 1. The first-order valence-corrected chi connectivity index (χ1v) is 6.17. The van der Waals surface area contributed by atoms with Crippen molar-refractivity contribution in [3.8, 4) is 0 Å². The maximum absolute atomic E-state index is 12.2. The lowest BCUT2D eigenvalue weighted by Crippen LogP contribution is -2.49. The lowest BCUT2D eigenvalue weighted by molar-refractivity contribution is -0.214. The van der Waals surface area contributed by atoms with Crippen molar-refractivity contribution in [3.63, 3.8) is 0 Å². The number of rotatable bonds is 8. The zero-order chi connectivity index (χ0) is 14.4. The van der Waals surface area contributed by atoms with Crippen LogP contribution >= 0.6 is 0 Å². The van der Waals surface area contributed by atoms with Crippen LogP contribution in [0, 0.1) is 0 Å². The second-order valence-electron chi connectivity index (χ2n) is 5.18. The van der Waals surface area contributed by atoms with Crippen molar-refractivity contribution in [1.82, 2.24) is 5.32 Å². The van der Waals surface area contributed by atoms with E-state index in [1.807, 2.05) is 20.8 Å². The Balaban J connectivity index is 3.95. The molecule has 0 aliphatic heterocycles. The SMILES string of the molecule is CC(C)NC(C)(CO)CCCOC(C)C(F)(F)F. The monoisotopic (exact) mass is 271 g/mol. The Morgan fingerprint density at radius 1 is 1.22 bits per heavy atom. The van der Waals surface area contributed by atoms with Gasteiger partial charge in [-0.25, -0.2) is 0 Å². The summed E-state index contributed by atoms with van der Waals surface area (Å²) in [5.41, 5.74) is -0.473. The van der Waals surface area contributed by atoms with Gasteiger partial charge in [0, 0.05) is 18.2 Å². The van der Waals surface area contributed by atoms with Crippen LogP contribution in [-0.2, 0) is 4.74 Å². The molecule has 0 aliphatic carbocycles. The number of hydrogen-bond acceptors (Lipinski definition) is 3. The number of aliphatic hydroxyl groups is 1. The van der Waals surface area contributed by atoms with Gasteiger partial charge in [0.2, 0.25) is 0 Å². The van der Waals surface area contributed by atoms with Crippen LogP contribution in [0.4, 0.5) is 13.2 Å². The maximum Gasteiger partial charge on any atom is 0.414 e. The van der Waals surface area contributed by atoms with Crippen molar-refractivity contribution in [2.24, 2.45) is 0 Å². The van der Waals surface area contributed by atoms with Crippen molar-refractivity contribution in [1.29, 1.82) is 0 Å². The third-order valence-electron chi connectivity index (χ3n) is 2.69. The molecule has 0 aliphatic rings. The zero-order valence-corrected chi connectivity index (χ0v) is 11.5. The minimum Gasteiger partial charge on any atom is -0.394 e. The molecule has 0 bridgehead atoms. The summed E-state index contributed by atoms with van der Waals surface area (Å²) in [6, 6.07) is 0.206. The second kappa shape index (κ2) is 7.31. The normalized spacial score (nSPS) is 17.8. The molecule has 0 rings (SSSR count). The van der Waals surface area contributed by atoms with Crippen LogP contribution in [0.15, 0.2) is 0 Å². The van der Waals surface area contributed by atoms with Crippen molar-refractivity contribution in [2.75, 3.05) is 13.2 Å². The number of halogens is 3. The molecule has 0 spiro atoms. The van der Waals surface area contributed by atoms with E-state index in [0.717, 1.165) is 6.92 Å². The first-order valence-electron chi connectivity index (χ1n) is 6.17. The van der Waals surface area contributed by atoms with Gasteiger partial charge in [-0.15, -0.1) is 0 Å². The lowest BCUT2D eigenvalue weighted by atomic mass is 9.96. The highest BCUT2D eigenvalue weighted by Crippen LogP contribution is 2.22. The van der Waals surface area contributed by atoms with Crippen LogP contribution in [-0.4, -0.2) is 42.2 Å². The smallest absolute Gasteiger partial charge is 0.394 e. The molecule has 2 unspecified atom stereocenters. The van der Waals surface area contributed by atoms with Gasteiger partial charge in [0.05, 0.1) is 6.61 Å². The lowest BCUT2D eigenvalue weighted by Gasteiger charge is -2.31. The van der Waals surface area contributed by atoms with E-state index in [2.05, 4.69) is 5.32 Å². The summed E-state index contributed by atoms with van der Waals surface area (Å²) >= 11 is 0. The largest absolute Gasteiger partial charge is 0.414 e. The minimum absolute atomic E-state index is 0.0377. The predicted octanol–water partition coefficient (Wildman–Crippen LogP) is 2.48. The molecule has 0 saturated carbocycles. The van der Waals surface area contributed by atoms with E-state index >= 15 is 0 Å². The van der Waals surface area contributed by atoms with Crippen molar-refractivity contribution < 1.29 is 23.0 Å². The summed E-state index contributed by atoms with van der Waals surface area (Å²) in [4.78, 5) is 0. The second-order valence-corrected chi connectivity index (χ2v) is 5.18. The van der Waals surface area contributed by atoms with Gasteiger partial charge in [-0.2, -0.15) is 13.2 Å². The molecule has 0 aromatic heterocycles. The number of hydrogen-bond donors (Lipinski definition) is 2.